The van der Waals surface area contributed by atoms with E-state index in [1.54, 1.807) is 11.8 Å². The van der Waals surface area contributed by atoms with Crippen molar-refractivity contribution in [2.75, 3.05) is 19.0 Å². The summed E-state index contributed by atoms with van der Waals surface area (Å²) in [4.78, 5) is 0. The monoisotopic (exact) mass is 451 g/mol. The Morgan fingerprint density at radius 2 is 1.55 bits per heavy atom. The molecule has 0 aliphatic heterocycles. The number of thioether (sulfide) groups is 1. The van der Waals surface area contributed by atoms with E-state index in [2.05, 4.69) is 10.2 Å². The van der Waals surface area contributed by atoms with Gasteiger partial charge >= 0.3 is 0 Å². The third-order valence-corrected chi connectivity index (χ3v) is 5.61. The zero-order valence-electron chi connectivity index (χ0n) is 17.1. The number of aromatic nitrogens is 3. The van der Waals surface area contributed by atoms with Crippen molar-refractivity contribution in [3.63, 3.8) is 0 Å². The lowest BCUT2D eigenvalue weighted by atomic mass is 10.2. The first-order valence-corrected chi connectivity index (χ1v) is 11.4. The van der Waals surface area contributed by atoms with Crippen LogP contribution in [0.3, 0.4) is 0 Å². The maximum absolute atomic E-state index is 6.07. The summed E-state index contributed by atoms with van der Waals surface area (Å²) >= 11 is 7.67. The number of para-hydroxylation sites is 1. The molecule has 0 fully saturated rings. The van der Waals surface area contributed by atoms with Gasteiger partial charge in [-0.15, -0.1) is 10.2 Å². The van der Waals surface area contributed by atoms with Gasteiger partial charge in [0.15, 0.2) is 11.0 Å². The van der Waals surface area contributed by atoms with Gasteiger partial charge in [-0.1, -0.05) is 41.6 Å². The third-order valence-electron chi connectivity index (χ3n) is 4.47. The summed E-state index contributed by atoms with van der Waals surface area (Å²) in [5, 5.41) is 10.4. The molecular weight excluding hydrogens is 430 g/mol. The number of ether oxygens (including phenoxy) is 2. The molecule has 0 N–H and O–H groups in total. The minimum atomic E-state index is 0.571. The van der Waals surface area contributed by atoms with E-state index in [0.29, 0.717) is 18.2 Å². The standard InChI is InChI=1S/C24H22ClN3O2S/c1-2-29-22-14-12-20(13-15-22)28-23(18-8-10-19(25)11-9-18)26-27-24(28)31-17-16-30-21-6-4-3-5-7-21/h3-15H,2,16-17H2,1H3. The maximum atomic E-state index is 6.07. The Kier molecular flexibility index (Phi) is 7.12. The molecule has 0 unspecified atom stereocenters. The van der Waals surface area contributed by atoms with Crippen LogP contribution < -0.4 is 9.47 Å². The molecule has 0 atom stereocenters. The van der Waals surface area contributed by atoms with E-state index < -0.39 is 0 Å². The van der Waals surface area contributed by atoms with Crippen LogP contribution in [0.4, 0.5) is 0 Å². The van der Waals surface area contributed by atoms with Crippen molar-refractivity contribution < 1.29 is 9.47 Å². The van der Waals surface area contributed by atoms with Crippen molar-refractivity contribution in [3.05, 3.63) is 83.9 Å². The van der Waals surface area contributed by atoms with E-state index in [9.17, 15) is 0 Å². The topological polar surface area (TPSA) is 49.2 Å². The van der Waals surface area contributed by atoms with Gasteiger partial charge in [0, 0.05) is 22.0 Å². The summed E-state index contributed by atoms with van der Waals surface area (Å²) in [6, 6.07) is 25.3. The van der Waals surface area contributed by atoms with Crippen LogP contribution in [-0.4, -0.2) is 33.7 Å². The van der Waals surface area contributed by atoms with Gasteiger partial charge < -0.3 is 9.47 Å². The lowest BCUT2D eigenvalue weighted by Gasteiger charge is -2.12. The third kappa shape index (κ3) is 5.40. The molecule has 0 spiro atoms. The predicted octanol–water partition coefficient (Wildman–Crippen LogP) is 6.16. The van der Waals surface area contributed by atoms with E-state index in [1.807, 2.05) is 90.4 Å². The quantitative estimate of drug-likeness (QED) is 0.225. The SMILES string of the molecule is CCOc1ccc(-n2c(SCCOc3ccccc3)nnc2-c2ccc(Cl)cc2)cc1. The Labute approximate surface area is 191 Å². The number of nitrogens with zero attached hydrogens (tertiary/aromatic N) is 3. The van der Waals surface area contributed by atoms with Gasteiger partial charge in [-0.2, -0.15) is 0 Å². The maximum Gasteiger partial charge on any atom is 0.196 e. The van der Waals surface area contributed by atoms with Crippen molar-refractivity contribution in [2.45, 2.75) is 12.1 Å². The van der Waals surface area contributed by atoms with Crippen LogP contribution in [0.2, 0.25) is 5.02 Å². The Morgan fingerprint density at radius 3 is 2.26 bits per heavy atom. The molecule has 4 rings (SSSR count). The summed E-state index contributed by atoms with van der Waals surface area (Å²) in [6.45, 7) is 3.17. The molecule has 0 radical (unpaired) electrons. The molecule has 0 saturated heterocycles. The first-order chi connectivity index (χ1) is 15.2. The van der Waals surface area contributed by atoms with Crippen LogP contribution in [0.15, 0.2) is 84.0 Å². The van der Waals surface area contributed by atoms with Crippen molar-refractivity contribution in [3.8, 4) is 28.6 Å². The van der Waals surface area contributed by atoms with E-state index in [-0.39, 0.29) is 0 Å². The number of halogens is 1. The van der Waals surface area contributed by atoms with Crippen molar-refractivity contribution in [1.29, 1.82) is 0 Å². The molecular formula is C24H22ClN3O2S. The smallest absolute Gasteiger partial charge is 0.196 e. The molecule has 0 aliphatic carbocycles. The average molecular weight is 452 g/mol. The molecule has 0 bridgehead atoms. The molecule has 158 valence electrons. The molecule has 1 aromatic heterocycles. The molecule has 31 heavy (non-hydrogen) atoms. The van der Waals surface area contributed by atoms with Gasteiger partial charge in [-0.05, 0) is 67.6 Å². The minimum absolute atomic E-state index is 0.571. The summed E-state index contributed by atoms with van der Waals surface area (Å²) < 4.78 is 13.4. The van der Waals surface area contributed by atoms with Gasteiger partial charge in [-0.25, -0.2) is 0 Å². The van der Waals surface area contributed by atoms with Crippen LogP contribution in [-0.2, 0) is 0 Å². The Bertz CT molecular complexity index is 1100. The van der Waals surface area contributed by atoms with Gasteiger partial charge in [0.25, 0.3) is 0 Å². The fourth-order valence-electron chi connectivity index (χ4n) is 3.05. The molecule has 5 nitrogen and oxygen atoms in total. The first-order valence-electron chi connectivity index (χ1n) is 10.00. The number of benzene rings is 3. The molecule has 1 heterocycles. The molecule has 7 heteroatoms. The number of hydrogen-bond acceptors (Lipinski definition) is 5. The average Bonchev–Trinajstić information content (AvgIpc) is 3.22. The fraction of sp³-hybridized carbons (Fsp3) is 0.167. The minimum Gasteiger partial charge on any atom is -0.494 e. The lowest BCUT2D eigenvalue weighted by Crippen LogP contribution is -2.03. The van der Waals surface area contributed by atoms with E-state index >= 15 is 0 Å². The Balaban J connectivity index is 1.57. The Hall–Kier alpha value is -2.96. The fourth-order valence-corrected chi connectivity index (χ4v) is 3.94. The van der Waals surface area contributed by atoms with Crippen LogP contribution >= 0.6 is 23.4 Å². The van der Waals surface area contributed by atoms with Crippen molar-refractivity contribution >= 4 is 23.4 Å². The van der Waals surface area contributed by atoms with Gasteiger partial charge in [0.05, 0.1) is 13.2 Å². The number of rotatable bonds is 9. The number of hydrogen-bond donors (Lipinski definition) is 0. The Morgan fingerprint density at radius 1 is 0.839 bits per heavy atom. The zero-order valence-corrected chi connectivity index (χ0v) is 18.6. The highest BCUT2D eigenvalue weighted by atomic mass is 35.5. The highest BCUT2D eigenvalue weighted by molar-refractivity contribution is 7.99. The van der Waals surface area contributed by atoms with Gasteiger partial charge in [0.1, 0.15) is 11.5 Å². The van der Waals surface area contributed by atoms with E-state index in [0.717, 1.165) is 39.5 Å². The largest absolute Gasteiger partial charge is 0.494 e. The highest BCUT2D eigenvalue weighted by Gasteiger charge is 2.16. The normalized spacial score (nSPS) is 10.8. The molecule has 4 aromatic rings. The summed E-state index contributed by atoms with van der Waals surface area (Å²) in [5.74, 6) is 3.19. The summed E-state index contributed by atoms with van der Waals surface area (Å²) in [6.07, 6.45) is 0. The molecule has 0 aliphatic rings. The summed E-state index contributed by atoms with van der Waals surface area (Å²) in [7, 11) is 0. The lowest BCUT2D eigenvalue weighted by molar-refractivity contribution is 0.340. The van der Waals surface area contributed by atoms with E-state index in [1.165, 1.54) is 0 Å². The van der Waals surface area contributed by atoms with Crippen molar-refractivity contribution in [1.82, 2.24) is 14.8 Å². The van der Waals surface area contributed by atoms with Crippen LogP contribution in [0.5, 0.6) is 11.5 Å². The van der Waals surface area contributed by atoms with Crippen molar-refractivity contribution in [2.24, 2.45) is 0 Å². The summed E-state index contributed by atoms with van der Waals surface area (Å²) in [5.41, 5.74) is 1.91. The molecule has 3 aromatic carbocycles. The first kappa shape index (κ1) is 21.3. The molecule has 0 saturated carbocycles. The second-order valence-electron chi connectivity index (χ2n) is 6.59. The predicted molar refractivity (Wildman–Crippen MR) is 126 cm³/mol. The van der Waals surface area contributed by atoms with Gasteiger partial charge in [-0.3, -0.25) is 4.57 Å². The van der Waals surface area contributed by atoms with Crippen LogP contribution in [0.25, 0.3) is 17.1 Å². The van der Waals surface area contributed by atoms with Crippen LogP contribution in [0.1, 0.15) is 6.92 Å². The second-order valence-corrected chi connectivity index (χ2v) is 8.08. The highest BCUT2D eigenvalue weighted by Crippen LogP contribution is 2.29. The van der Waals surface area contributed by atoms with E-state index in [4.69, 9.17) is 21.1 Å². The molecule has 0 amide bonds. The zero-order chi connectivity index (χ0) is 21.5. The second kappa shape index (κ2) is 10.4. The van der Waals surface area contributed by atoms with Crippen LogP contribution in [0, 0.1) is 0 Å². The van der Waals surface area contributed by atoms with Gasteiger partial charge in [0.2, 0.25) is 0 Å².